The minimum Gasteiger partial charge on any atom is -0.485 e. The van der Waals surface area contributed by atoms with E-state index in [4.69, 9.17) is 4.74 Å². The number of hydrogen-bond acceptors (Lipinski definition) is 5. The second kappa shape index (κ2) is 10.5. The molecule has 0 unspecified atom stereocenters. The molecule has 0 aliphatic carbocycles. The number of amides is 1. The zero-order valence-electron chi connectivity index (χ0n) is 18.8. The maximum atomic E-state index is 12.3. The fraction of sp³-hybridized carbons (Fsp3) is 0.375. The van der Waals surface area contributed by atoms with Crippen molar-refractivity contribution < 1.29 is 9.53 Å². The lowest BCUT2D eigenvalue weighted by Crippen LogP contribution is -2.14. The molecule has 7 heteroatoms. The van der Waals surface area contributed by atoms with E-state index in [2.05, 4.69) is 61.4 Å². The fourth-order valence-electron chi connectivity index (χ4n) is 3.13. The van der Waals surface area contributed by atoms with E-state index in [-0.39, 0.29) is 11.7 Å². The van der Waals surface area contributed by atoms with Crippen LogP contribution in [0.2, 0.25) is 0 Å². The molecular formula is C24H30N4O2S. The molecule has 1 amide bonds. The summed E-state index contributed by atoms with van der Waals surface area (Å²) in [5.41, 5.74) is 4.37. The zero-order valence-corrected chi connectivity index (χ0v) is 19.6. The van der Waals surface area contributed by atoms with E-state index in [1.807, 2.05) is 35.9 Å². The molecule has 3 rings (SSSR count). The molecule has 0 fully saturated rings. The van der Waals surface area contributed by atoms with Gasteiger partial charge in [0.25, 0.3) is 0 Å². The average molecular weight is 439 g/mol. The molecule has 0 saturated carbocycles. The van der Waals surface area contributed by atoms with Crippen LogP contribution in [0.25, 0.3) is 0 Å². The summed E-state index contributed by atoms with van der Waals surface area (Å²) in [7, 11) is 1.89. The van der Waals surface area contributed by atoms with Gasteiger partial charge in [-0.05, 0) is 54.2 Å². The van der Waals surface area contributed by atoms with E-state index in [1.54, 1.807) is 0 Å². The van der Waals surface area contributed by atoms with Crippen LogP contribution in [0.1, 0.15) is 49.2 Å². The summed E-state index contributed by atoms with van der Waals surface area (Å²) in [5.74, 6) is 2.15. The predicted octanol–water partition coefficient (Wildman–Crippen LogP) is 5.12. The van der Waals surface area contributed by atoms with Gasteiger partial charge in [-0.3, -0.25) is 4.79 Å². The van der Waals surface area contributed by atoms with E-state index < -0.39 is 0 Å². The molecule has 0 aliphatic heterocycles. The van der Waals surface area contributed by atoms with Crippen molar-refractivity contribution in [2.45, 2.75) is 51.8 Å². The van der Waals surface area contributed by atoms with Crippen LogP contribution in [-0.2, 0) is 24.9 Å². The van der Waals surface area contributed by atoms with Gasteiger partial charge in [0.15, 0.2) is 11.0 Å². The number of ether oxygens (including phenoxy) is 1. The van der Waals surface area contributed by atoms with Crippen molar-refractivity contribution in [1.29, 1.82) is 0 Å². The Morgan fingerprint density at radius 2 is 1.90 bits per heavy atom. The molecule has 1 heterocycles. The van der Waals surface area contributed by atoms with Crippen molar-refractivity contribution >= 4 is 23.4 Å². The van der Waals surface area contributed by atoms with Crippen LogP contribution in [0.3, 0.4) is 0 Å². The van der Waals surface area contributed by atoms with Crippen molar-refractivity contribution in [3.63, 3.8) is 0 Å². The van der Waals surface area contributed by atoms with E-state index in [1.165, 1.54) is 22.9 Å². The van der Waals surface area contributed by atoms with Crippen molar-refractivity contribution in [3.05, 3.63) is 65.0 Å². The highest BCUT2D eigenvalue weighted by Gasteiger charge is 2.14. The first-order valence-corrected chi connectivity index (χ1v) is 11.5. The normalized spacial score (nSPS) is 11.0. The Bertz CT molecular complexity index is 1030. The number of hydrogen-bond donors (Lipinski definition) is 1. The summed E-state index contributed by atoms with van der Waals surface area (Å²) in [6, 6.07) is 14.2. The smallest absolute Gasteiger partial charge is 0.234 e. The molecule has 1 aromatic heterocycles. The molecular weight excluding hydrogens is 408 g/mol. The third-order valence-corrected chi connectivity index (χ3v) is 6.07. The Labute approximate surface area is 188 Å². The lowest BCUT2D eigenvalue weighted by molar-refractivity contribution is -0.113. The van der Waals surface area contributed by atoms with E-state index in [0.717, 1.165) is 23.4 Å². The van der Waals surface area contributed by atoms with Crippen LogP contribution in [0.5, 0.6) is 5.75 Å². The van der Waals surface area contributed by atoms with Gasteiger partial charge in [0.1, 0.15) is 12.4 Å². The molecule has 164 valence electrons. The Morgan fingerprint density at radius 3 is 2.58 bits per heavy atom. The second-order valence-corrected chi connectivity index (χ2v) is 8.77. The number of aryl methyl sites for hydroxylation is 2. The summed E-state index contributed by atoms with van der Waals surface area (Å²) in [6.45, 7) is 8.78. The molecule has 0 radical (unpaired) electrons. The molecule has 31 heavy (non-hydrogen) atoms. The molecule has 0 bridgehead atoms. The number of benzene rings is 2. The van der Waals surface area contributed by atoms with Crippen LogP contribution < -0.4 is 10.1 Å². The van der Waals surface area contributed by atoms with Gasteiger partial charge in [0.2, 0.25) is 5.91 Å². The lowest BCUT2D eigenvalue weighted by atomic mass is 10.0. The Kier molecular flexibility index (Phi) is 7.74. The van der Waals surface area contributed by atoms with Gasteiger partial charge >= 0.3 is 0 Å². The van der Waals surface area contributed by atoms with Gasteiger partial charge in [0.05, 0.1) is 5.75 Å². The Balaban J connectivity index is 1.56. The van der Waals surface area contributed by atoms with Crippen molar-refractivity contribution in [3.8, 4) is 5.75 Å². The zero-order chi connectivity index (χ0) is 22.4. The molecule has 3 aromatic rings. The SMILES string of the molecule is CCc1ccc(NC(=O)CSc2nnc(COc3cc(C)ccc3C(C)C)n2C)cc1. The van der Waals surface area contributed by atoms with Gasteiger partial charge in [-0.25, -0.2) is 0 Å². The number of rotatable bonds is 9. The number of anilines is 1. The summed E-state index contributed by atoms with van der Waals surface area (Å²) in [5, 5.41) is 12.1. The highest BCUT2D eigenvalue weighted by atomic mass is 32.2. The number of nitrogens with one attached hydrogen (secondary N) is 1. The van der Waals surface area contributed by atoms with Gasteiger partial charge in [-0.1, -0.05) is 56.8 Å². The van der Waals surface area contributed by atoms with Crippen molar-refractivity contribution in [2.24, 2.45) is 7.05 Å². The van der Waals surface area contributed by atoms with Crippen LogP contribution >= 0.6 is 11.8 Å². The fourth-order valence-corrected chi connectivity index (χ4v) is 3.86. The Morgan fingerprint density at radius 1 is 1.16 bits per heavy atom. The third kappa shape index (κ3) is 6.10. The maximum Gasteiger partial charge on any atom is 0.234 e. The van der Waals surface area contributed by atoms with Crippen LogP contribution in [0, 0.1) is 6.92 Å². The molecule has 6 nitrogen and oxygen atoms in total. The molecule has 0 aliphatic rings. The van der Waals surface area contributed by atoms with Crippen molar-refractivity contribution in [2.75, 3.05) is 11.1 Å². The Hall–Kier alpha value is -2.80. The number of carbonyl (C=O) groups excluding carboxylic acids is 1. The summed E-state index contributed by atoms with van der Waals surface area (Å²) < 4.78 is 7.94. The van der Waals surface area contributed by atoms with E-state index >= 15 is 0 Å². The van der Waals surface area contributed by atoms with Gasteiger partial charge < -0.3 is 14.6 Å². The first-order valence-electron chi connectivity index (χ1n) is 10.5. The highest BCUT2D eigenvalue weighted by Crippen LogP contribution is 2.28. The second-order valence-electron chi connectivity index (χ2n) is 7.83. The maximum absolute atomic E-state index is 12.3. The molecule has 2 aromatic carbocycles. The first-order chi connectivity index (χ1) is 14.9. The summed E-state index contributed by atoms with van der Waals surface area (Å²) in [6.07, 6.45) is 0.977. The number of nitrogens with zero attached hydrogens (tertiary/aromatic N) is 3. The van der Waals surface area contributed by atoms with Crippen LogP contribution in [0.15, 0.2) is 47.6 Å². The highest BCUT2D eigenvalue weighted by molar-refractivity contribution is 7.99. The molecule has 1 N–H and O–H groups in total. The van der Waals surface area contributed by atoms with E-state index in [9.17, 15) is 4.79 Å². The largest absolute Gasteiger partial charge is 0.485 e. The topological polar surface area (TPSA) is 69.0 Å². The molecule has 0 atom stereocenters. The van der Waals surface area contributed by atoms with Gasteiger partial charge in [0, 0.05) is 12.7 Å². The monoisotopic (exact) mass is 438 g/mol. The number of thioether (sulfide) groups is 1. The summed E-state index contributed by atoms with van der Waals surface area (Å²) >= 11 is 1.36. The van der Waals surface area contributed by atoms with Crippen LogP contribution in [-0.4, -0.2) is 26.4 Å². The minimum atomic E-state index is -0.0728. The average Bonchev–Trinajstić information content (AvgIpc) is 3.10. The lowest BCUT2D eigenvalue weighted by Gasteiger charge is -2.14. The minimum absolute atomic E-state index is 0.0728. The molecule has 0 saturated heterocycles. The number of aromatic nitrogens is 3. The van der Waals surface area contributed by atoms with Gasteiger partial charge in [-0.2, -0.15) is 0 Å². The predicted molar refractivity (Wildman–Crippen MR) is 126 cm³/mol. The van der Waals surface area contributed by atoms with Crippen LogP contribution in [0.4, 0.5) is 5.69 Å². The first kappa shape index (κ1) is 22.9. The van der Waals surface area contributed by atoms with Gasteiger partial charge in [-0.15, -0.1) is 10.2 Å². The number of carbonyl (C=O) groups is 1. The van der Waals surface area contributed by atoms with E-state index in [0.29, 0.717) is 23.5 Å². The summed E-state index contributed by atoms with van der Waals surface area (Å²) in [4.78, 5) is 12.3. The van der Waals surface area contributed by atoms with Crippen molar-refractivity contribution in [1.82, 2.24) is 14.8 Å². The third-order valence-electron chi connectivity index (χ3n) is 5.05. The quantitative estimate of drug-likeness (QED) is 0.470. The standard InChI is InChI=1S/C24H30N4O2S/c1-6-18-8-10-19(11-9-18)25-23(29)15-31-24-27-26-22(28(24)5)14-30-21-13-17(4)7-12-20(21)16(2)3/h7-13,16H,6,14-15H2,1-5H3,(H,25,29). The molecule has 0 spiro atoms.